The zero-order valence-electron chi connectivity index (χ0n) is 33.4. The topological polar surface area (TPSA) is 141 Å². The number of fused-ring (bicyclic) bond motifs is 5. The van der Waals surface area contributed by atoms with Gasteiger partial charge < -0.3 is 18.9 Å². The van der Waals surface area contributed by atoms with Gasteiger partial charge in [0.1, 0.15) is 12.1 Å². The first-order valence-electron chi connectivity index (χ1n) is 19.0. The zero-order valence-corrected chi connectivity index (χ0v) is 34.2. The molecule has 4 bridgehead atoms. The summed E-state index contributed by atoms with van der Waals surface area (Å²) in [6.45, 7) is 15.6. The fourth-order valence-corrected chi connectivity index (χ4v) is 8.68. The Labute approximate surface area is 326 Å². The number of carbonyl (C=O) groups is 1. The number of amides is 1. The number of hydrogen-bond acceptors (Lipinski definition) is 9. The van der Waals surface area contributed by atoms with Crippen molar-refractivity contribution in [1.29, 1.82) is 0 Å². The van der Waals surface area contributed by atoms with Crippen molar-refractivity contribution in [3.05, 3.63) is 88.4 Å². The molecular weight excluding hydrogens is 715 g/mol. The molecule has 0 saturated heterocycles. The van der Waals surface area contributed by atoms with E-state index in [1.165, 1.54) is 12.1 Å². The molecule has 1 aliphatic heterocycles. The molecule has 3 aromatic heterocycles. The second kappa shape index (κ2) is 16.1. The lowest BCUT2D eigenvalue weighted by Gasteiger charge is -2.33. The van der Waals surface area contributed by atoms with Gasteiger partial charge in [-0.05, 0) is 60.9 Å². The van der Waals surface area contributed by atoms with Gasteiger partial charge in [-0.25, -0.2) is 23.1 Å². The highest BCUT2D eigenvalue weighted by Gasteiger charge is 2.31. The van der Waals surface area contributed by atoms with E-state index >= 15 is 0 Å². The normalized spacial score (nSPS) is 16.0. The van der Waals surface area contributed by atoms with Gasteiger partial charge in [0.05, 0.1) is 41.7 Å². The Morgan fingerprint density at radius 2 is 1.75 bits per heavy atom. The molecule has 0 saturated carbocycles. The molecular formula is C42H55N7O5S. The highest BCUT2D eigenvalue weighted by molar-refractivity contribution is 7.92. The molecule has 6 rings (SSSR count). The monoisotopic (exact) mass is 769 g/mol. The molecule has 4 heterocycles. The molecule has 0 aliphatic carbocycles. The van der Waals surface area contributed by atoms with Gasteiger partial charge in [-0.3, -0.25) is 9.78 Å². The molecule has 2 aromatic carbocycles. The van der Waals surface area contributed by atoms with Crippen LogP contribution in [0, 0.1) is 5.92 Å². The fourth-order valence-electron chi connectivity index (χ4n) is 7.69. The summed E-state index contributed by atoms with van der Waals surface area (Å²) < 4.78 is 44.4. The summed E-state index contributed by atoms with van der Waals surface area (Å²) in [5.74, 6) is -0.0731. The van der Waals surface area contributed by atoms with Crippen LogP contribution in [0.5, 0.6) is 5.88 Å². The van der Waals surface area contributed by atoms with Crippen LogP contribution in [0.2, 0.25) is 0 Å². The Morgan fingerprint density at radius 1 is 1.04 bits per heavy atom. The average Bonchev–Trinajstić information content (AvgIpc) is 3.44. The predicted molar refractivity (Wildman–Crippen MR) is 217 cm³/mol. The maximum atomic E-state index is 14.7. The minimum absolute atomic E-state index is 0. The van der Waals surface area contributed by atoms with Crippen LogP contribution in [0.4, 0.5) is 5.95 Å². The minimum atomic E-state index is -4.21. The fraction of sp³-hybridized carbons (Fsp3) is 0.452. The van der Waals surface area contributed by atoms with Crippen molar-refractivity contribution in [2.75, 3.05) is 25.0 Å². The molecule has 5 aromatic rings. The summed E-state index contributed by atoms with van der Waals surface area (Å²) in [7, 11) is -0.511. The quantitative estimate of drug-likeness (QED) is 0.153. The molecule has 0 spiro atoms. The first-order valence-corrected chi connectivity index (χ1v) is 20.5. The molecule has 12 nitrogen and oxygen atoms in total. The van der Waals surface area contributed by atoms with Crippen molar-refractivity contribution >= 4 is 33.0 Å². The zero-order chi connectivity index (χ0) is 39.7. The van der Waals surface area contributed by atoms with Gasteiger partial charge in [-0.1, -0.05) is 72.7 Å². The van der Waals surface area contributed by atoms with Gasteiger partial charge in [-0.15, -0.1) is 0 Å². The summed E-state index contributed by atoms with van der Waals surface area (Å²) >= 11 is 0. The van der Waals surface area contributed by atoms with E-state index in [9.17, 15) is 13.2 Å². The summed E-state index contributed by atoms with van der Waals surface area (Å²) in [4.78, 5) is 35.6. The molecule has 55 heavy (non-hydrogen) atoms. The van der Waals surface area contributed by atoms with Gasteiger partial charge in [0.2, 0.25) is 11.8 Å². The van der Waals surface area contributed by atoms with Crippen molar-refractivity contribution in [2.45, 2.75) is 97.0 Å². The van der Waals surface area contributed by atoms with Crippen LogP contribution in [0.1, 0.15) is 94.7 Å². The number of hydrogen-bond donors (Lipinski definition) is 1. The van der Waals surface area contributed by atoms with E-state index in [0.717, 1.165) is 52.0 Å². The van der Waals surface area contributed by atoms with Gasteiger partial charge >= 0.3 is 0 Å². The number of sulfonamides is 1. The Balaban J connectivity index is 0.00000600. The van der Waals surface area contributed by atoms with Crippen molar-refractivity contribution < 1.29 is 24.1 Å². The lowest BCUT2D eigenvalue weighted by molar-refractivity contribution is 0.0549. The van der Waals surface area contributed by atoms with Gasteiger partial charge in [0.25, 0.3) is 15.9 Å². The van der Waals surface area contributed by atoms with E-state index in [1.54, 1.807) is 36.4 Å². The molecule has 1 aliphatic rings. The molecule has 0 fully saturated rings. The first-order chi connectivity index (χ1) is 26.1. The number of aromatic nitrogens is 5. The third-order valence-electron chi connectivity index (χ3n) is 10.1. The van der Waals surface area contributed by atoms with Crippen LogP contribution in [-0.4, -0.2) is 70.1 Å². The first kappa shape index (κ1) is 39.8. The molecule has 13 heteroatoms. The number of anilines is 1. The number of nitrogens with zero attached hydrogens (tertiary/aromatic N) is 6. The largest absolute Gasteiger partial charge is 0.475 e. The second-order valence-electron chi connectivity index (χ2n) is 15.6. The van der Waals surface area contributed by atoms with Gasteiger partial charge in [-0.2, -0.15) is 4.98 Å². The van der Waals surface area contributed by atoms with E-state index < -0.39 is 16.1 Å². The SMILES string of the molecule is CCc1cccc(CC)c1-c1cc2nc(n1)NS(=O)(=O)c1cccc(c1)C(=O)N(Cc1cnc3c(CCOC)c(C(C)(C)C)n(C)c3n1)[C@H](CC(C)C)CO2.[HH]. The molecule has 1 N–H and O–H groups in total. The lowest BCUT2D eigenvalue weighted by atomic mass is 9.88. The Bertz CT molecular complexity index is 2300. The summed E-state index contributed by atoms with van der Waals surface area (Å²) in [5, 5.41) is 0. The predicted octanol–water partition coefficient (Wildman–Crippen LogP) is 7.53. The molecule has 0 radical (unpaired) electrons. The maximum Gasteiger partial charge on any atom is 0.264 e. The molecule has 0 unspecified atom stereocenters. The van der Waals surface area contributed by atoms with Gasteiger partial charge in [0, 0.05) is 49.4 Å². The Hall–Kier alpha value is -4.88. The maximum absolute atomic E-state index is 14.7. The highest BCUT2D eigenvalue weighted by Crippen LogP contribution is 2.34. The summed E-state index contributed by atoms with van der Waals surface area (Å²) in [6, 6.07) is 13.5. The van der Waals surface area contributed by atoms with E-state index in [1.807, 2.05) is 13.1 Å². The van der Waals surface area contributed by atoms with E-state index in [4.69, 9.17) is 24.4 Å². The molecule has 294 valence electrons. The molecule has 1 amide bonds. The number of methoxy groups -OCH3 is 1. The standard InChI is InChI=1S/C42H53N7O5S.H2/c1-10-27-14-12-15-28(11-2)36(27)34-22-35-46-41(45-34)47-55(51,52)32-17-13-16-29(21-32)40(50)49(31(25-54-35)20-26(3)4)24-30-23-43-37-33(18-19-53-9)38(42(5,6)7)48(8)39(37)44-30;/h12-17,21-23,26,31H,10-11,18-20,24-25H2,1-9H3,(H,45,46,47);1H/t31-;/m1./s1. The number of rotatable bonds is 10. The number of nitrogens with one attached hydrogen (secondary N) is 1. The van der Waals surface area contributed by atoms with E-state index in [-0.39, 0.29) is 54.1 Å². The number of carbonyl (C=O) groups excluding carboxylic acids is 1. The van der Waals surface area contributed by atoms with Crippen molar-refractivity contribution in [3.63, 3.8) is 0 Å². The van der Waals surface area contributed by atoms with E-state index in [0.29, 0.717) is 30.8 Å². The van der Waals surface area contributed by atoms with Crippen LogP contribution >= 0.6 is 0 Å². The van der Waals surface area contributed by atoms with Gasteiger partial charge in [0.15, 0.2) is 5.65 Å². The third-order valence-corrected chi connectivity index (χ3v) is 11.4. The van der Waals surface area contributed by atoms with Crippen LogP contribution in [0.3, 0.4) is 0 Å². The molecule has 1 atom stereocenters. The average molecular weight is 770 g/mol. The van der Waals surface area contributed by atoms with Crippen molar-refractivity contribution in [1.82, 2.24) is 29.4 Å². The number of aryl methyl sites for hydroxylation is 3. The summed E-state index contributed by atoms with van der Waals surface area (Å²) in [5.41, 5.74) is 8.04. The summed E-state index contributed by atoms with van der Waals surface area (Å²) in [6.07, 6.45) is 4.54. The smallest absolute Gasteiger partial charge is 0.264 e. The lowest BCUT2D eigenvalue weighted by Crippen LogP contribution is -2.44. The van der Waals surface area contributed by atoms with Crippen LogP contribution in [0.15, 0.2) is 59.6 Å². The minimum Gasteiger partial charge on any atom is -0.475 e. The van der Waals surface area contributed by atoms with Crippen molar-refractivity contribution in [2.24, 2.45) is 13.0 Å². The second-order valence-corrected chi connectivity index (χ2v) is 17.3. The van der Waals surface area contributed by atoms with Crippen molar-refractivity contribution in [3.8, 4) is 17.1 Å². The van der Waals surface area contributed by atoms with Crippen LogP contribution < -0.4 is 9.46 Å². The van der Waals surface area contributed by atoms with Crippen LogP contribution in [0.25, 0.3) is 22.4 Å². The third kappa shape index (κ3) is 8.37. The van der Waals surface area contributed by atoms with Crippen LogP contribution in [-0.2, 0) is 53.0 Å². The number of ether oxygens (including phenoxy) is 2. The number of benzene rings is 2. The Morgan fingerprint density at radius 3 is 2.40 bits per heavy atom. The Kier molecular flexibility index (Phi) is 11.6. The van der Waals surface area contributed by atoms with E-state index in [2.05, 4.69) is 74.9 Å². The highest BCUT2D eigenvalue weighted by atomic mass is 32.2.